The van der Waals surface area contributed by atoms with Gasteiger partial charge in [0, 0.05) is 26.2 Å². The predicted octanol–water partition coefficient (Wildman–Crippen LogP) is 4.87. The van der Waals surface area contributed by atoms with Gasteiger partial charge in [-0.3, -0.25) is 4.90 Å². The summed E-state index contributed by atoms with van der Waals surface area (Å²) in [5.74, 6) is -0.598. The number of hydrogen-bond donors (Lipinski definition) is 1. The molecule has 0 aromatic heterocycles. The lowest BCUT2D eigenvalue weighted by Gasteiger charge is -2.36. The van der Waals surface area contributed by atoms with E-state index in [2.05, 4.69) is 15.0 Å². The van der Waals surface area contributed by atoms with Crippen LogP contribution in [0.15, 0.2) is 42.5 Å². The summed E-state index contributed by atoms with van der Waals surface area (Å²) in [7, 11) is 0. The van der Waals surface area contributed by atoms with Crippen LogP contribution in [-0.2, 0) is 0 Å². The Bertz CT molecular complexity index is 751. The van der Waals surface area contributed by atoms with Crippen LogP contribution >= 0.6 is 24.8 Å². The van der Waals surface area contributed by atoms with Gasteiger partial charge in [-0.2, -0.15) is 0 Å². The summed E-state index contributed by atoms with van der Waals surface area (Å²) in [6.07, 6.45) is -4.72. The van der Waals surface area contributed by atoms with Crippen LogP contribution in [0.25, 0.3) is 0 Å². The van der Waals surface area contributed by atoms with Gasteiger partial charge in [-0.1, -0.05) is 18.2 Å². The second-order valence-corrected chi connectivity index (χ2v) is 6.31. The van der Waals surface area contributed by atoms with E-state index >= 15 is 0 Å². The molecular weight excluding hydrogens is 419 g/mol. The normalized spacial score (nSPS) is 15.9. The highest BCUT2D eigenvalue weighted by molar-refractivity contribution is 5.85. The molecule has 0 bridgehead atoms. The third-order valence-corrected chi connectivity index (χ3v) is 4.48. The van der Waals surface area contributed by atoms with Crippen LogP contribution in [0.4, 0.5) is 17.6 Å². The molecule has 0 radical (unpaired) electrons. The standard InChI is InChI=1S/C19H20F4N2O.2ClH/c1-13-2-5-15(20)12-17(13)18(25-10-8-24-9-11-25)14-3-6-16(7-4-14)26-19(21,22)23;;/h2-7,12,18,24H,8-11H2,1H3;2*1H/t18-;;/m1../s1. The van der Waals surface area contributed by atoms with Gasteiger partial charge in [-0.05, 0) is 47.9 Å². The van der Waals surface area contributed by atoms with Gasteiger partial charge >= 0.3 is 6.36 Å². The van der Waals surface area contributed by atoms with Crippen molar-refractivity contribution in [3.63, 3.8) is 0 Å². The minimum Gasteiger partial charge on any atom is -0.406 e. The van der Waals surface area contributed by atoms with E-state index in [-0.39, 0.29) is 42.4 Å². The quantitative estimate of drug-likeness (QED) is 0.686. The molecule has 28 heavy (non-hydrogen) atoms. The fourth-order valence-electron chi connectivity index (χ4n) is 3.29. The average molecular weight is 441 g/mol. The molecule has 156 valence electrons. The summed E-state index contributed by atoms with van der Waals surface area (Å²) >= 11 is 0. The van der Waals surface area contributed by atoms with Crippen molar-refractivity contribution >= 4 is 24.8 Å². The van der Waals surface area contributed by atoms with Crippen molar-refractivity contribution in [1.82, 2.24) is 10.2 Å². The summed E-state index contributed by atoms with van der Waals surface area (Å²) in [5.41, 5.74) is 2.55. The topological polar surface area (TPSA) is 24.5 Å². The predicted molar refractivity (Wildman–Crippen MR) is 105 cm³/mol. The molecule has 1 aliphatic heterocycles. The van der Waals surface area contributed by atoms with Gasteiger partial charge in [0.05, 0.1) is 6.04 Å². The maximum absolute atomic E-state index is 13.9. The minimum absolute atomic E-state index is 0. The van der Waals surface area contributed by atoms with Gasteiger partial charge in [-0.25, -0.2) is 4.39 Å². The third kappa shape index (κ3) is 6.24. The van der Waals surface area contributed by atoms with E-state index in [0.717, 1.165) is 42.9 Å². The molecule has 1 heterocycles. The van der Waals surface area contributed by atoms with Crippen LogP contribution < -0.4 is 10.1 Å². The Kier molecular flexibility index (Phi) is 9.01. The second kappa shape index (κ2) is 10.3. The molecule has 3 rings (SSSR count). The number of rotatable bonds is 4. The molecule has 0 saturated carbocycles. The number of aryl methyl sites for hydroxylation is 1. The van der Waals surface area contributed by atoms with Crippen molar-refractivity contribution in [1.29, 1.82) is 0 Å². The Labute approximate surface area is 173 Å². The summed E-state index contributed by atoms with van der Waals surface area (Å²) in [4.78, 5) is 2.21. The second-order valence-electron chi connectivity index (χ2n) is 6.31. The first-order valence-electron chi connectivity index (χ1n) is 8.40. The molecule has 0 amide bonds. The van der Waals surface area contributed by atoms with Crippen LogP contribution in [0.1, 0.15) is 22.7 Å². The number of ether oxygens (including phenoxy) is 1. The lowest BCUT2D eigenvalue weighted by molar-refractivity contribution is -0.274. The Morgan fingerprint density at radius 1 is 1.00 bits per heavy atom. The zero-order valence-electron chi connectivity index (χ0n) is 15.1. The van der Waals surface area contributed by atoms with E-state index in [9.17, 15) is 17.6 Å². The Morgan fingerprint density at radius 2 is 1.61 bits per heavy atom. The SMILES string of the molecule is Cc1ccc(F)cc1[C@@H](c1ccc(OC(F)(F)F)cc1)N1CCNCC1.Cl.Cl. The molecular formula is C19H22Cl2F4N2O. The molecule has 0 spiro atoms. The van der Waals surface area contributed by atoms with Crippen molar-refractivity contribution in [3.05, 3.63) is 65.0 Å². The van der Waals surface area contributed by atoms with Crippen molar-refractivity contribution in [2.45, 2.75) is 19.3 Å². The van der Waals surface area contributed by atoms with Crippen LogP contribution in [0.2, 0.25) is 0 Å². The highest BCUT2D eigenvalue weighted by Crippen LogP contribution is 2.33. The molecule has 1 saturated heterocycles. The molecule has 1 N–H and O–H groups in total. The minimum atomic E-state index is -4.72. The first-order chi connectivity index (χ1) is 12.3. The van der Waals surface area contributed by atoms with Crippen LogP contribution in [-0.4, -0.2) is 37.4 Å². The van der Waals surface area contributed by atoms with Gasteiger partial charge in [0.25, 0.3) is 0 Å². The first kappa shape index (κ1) is 24.5. The van der Waals surface area contributed by atoms with Crippen LogP contribution in [0.3, 0.4) is 0 Å². The highest BCUT2D eigenvalue weighted by atomic mass is 35.5. The van der Waals surface area contributed by atoms with E-state index in [1.54, 1.807) is 18.2 Å². The lowest BCUT2D eigenvalue weighted by atomic mass is 9.93. The van der Waals surface area contributed by atoms with E-state index in [1.165, 1.54) is 24.3 Å². The Hall–Kier alpha value is -1.54. The van der Waals surface area contributed by atoms with E-state index < -0.39 is 6.36 Å². The molecule has 2 aromatic rings. The van der Waals surface area contributed by atoms with Gasteiger partial charge in [0.1, 0.15) is 11.6 Å². The van der Waals surface area contributed by atoms with Crippen molar-refractivity contribution < 1.29 is 22.3 Å². The Morgan fingerprint density at radius 3 is 2.18 bits per heavy atom. The van der Waals surface area contributed by atoms with Crippen molar-refractivity contribution in [2.24, 2.45) is 0 Å². The molecule has 3 nitrogen and oxygen atoms in total. The highest BCUT2D eigenvalue weighted by Gasteiger charge is 2.31. The summed E-state index contributed by atoms with van der Waals surface area (Å²) < 4.78 is 54.9. The van der Waals surface area contributed by atoms with Crippen LogP contribution in [0, 0.1) is 12.7 Å². The lowest BCUT2D eigenvalue weighted by Crippen LogP contribution is -2.45. The van der Waals surface area contributed by atoms with Crippen LogP contribution in [0.5, 0.6) is 5.75 Å². The zero-order chi connectivity index (χ0) is 18.7. The number of alkyl halides is 3. The van der Waals surface area contributed by atoms with Crippen molar-refractivity contribution in [2.75, 3.05) is 26.2 Å². The number of nitrogens with one attached hydrogen (secondary N) is 1. The monoisotopic (exact) mass is 440 g/mol. The molecule has 1 atom stereocenters. The van der Waals surface area contributed by atoms with Gasteiger partial charge in [-0.15, -0.1) is 38.0 Å². The number of halogens is 6. The molecule has 9 heteroatoms. The van der Waals surface area contributed by atoms with E-state index in [0.29, 0.717) is 0 Å². The smallest absolute Gasteiger partial charge is 0.406 e. The van der Waals surface area contributed by atoms with E-state index in [4.69, 9.17) is 0 Å². The zero-order valence-corrected chi connectivity index (χ0v) is 16.8. The summed E-state index contributed by atoms with van der Waals surface area (Å²) in [5, 5.41) is 3.27. The van der Waals surface area contributed by atoms with Crippen molar-refractivity contribution in [3.8, 4) is 5.75 Å². The van der Waals surface area contributed by atoms with Gasteiger partial charge < -0.3 is 10.1 Å². The summed E-state index contributed by atoms with van der Waals surface area (Å²) in [6.45, 7) is 5.05. The largest absolute Gasteiger partial charge is 0.573 e. The first-order valence-corrected chi connectivity index (χ1v) is 8.40. The Balaban J connectivity index is 0.00000196. The molecule has 0 unspecified atom stereocenters. The van der Waals surface area contributed by atoms with Gasteiger partial charge in [0.15, 0.2) is 0 Å². The fourth-order valence-corrected chi connectivity index (χ4v) is 3.29. The number of hydrogen-bond acceptors (Lipinski definition) is 3. The number of nitrogens with zero attached hydrogens (tertiary/aromatic N) is 1. The fraction of sp³-hybridized carbons (Fsp3) is 0.368. The number of benzene rings is 2. The average Bonchev–Trinajstić information content (AvgIpc) is 2.59. The molecule has 1 fully saturated rings. The maximum Gasteiger partial charge on any atom is 0.573 e. The molecule has 1 aliphatic rings. The van der Waals surface area contributed by atoms with Gasteiger partial charge in [0.2, 0.25) is 0 Å². The molecule has 0 aliphatic carbocycles. The summed E-state index contributed by atoms with van der Waals surface area (Å²) in [6, 6.07) is 10.2. The third-order valence-electron chi connectivity index (χ3n) is 4.48. The van der Waals surface area contributed by atoms with E-state index in [1.807, 2.05) is 6.92 Å². The maximum atomic E-state index is 13.9. The molecule has 2 aromatic carbocycles. The number of piperazine rings is 1.